The minimum atomic E-state index is -0.754. The van der Waals surface area contributed by atoms with E-state index in [1.165, 1.54) is 0 Å². The SMILES string of the molecule is CCOC(=O)C1(C#N)CC1.CCOC(=O)C1(CNC(=O)OC(C)(C)C)CC1. The number of hydrogen-bond acceptors (Lipinski definition) is 7. The summed E-state index contributed by atoms with van der Waals surface area (Å²) in [5.41, 5.74) is -1.78. The van der Waals surface area contributed by atoms with Crippen molar-refractivity contribution in [1.29, 1.82) is 5.26 Å². The fourth-order valence-electron chi connectivity index (χ4n) is 2.20. The molecular weight excluding hydrogens is 352 g/mol. The van der Waals surface area contributed by atoms with Gasteiger partial charge in [0.2, 0.25) is 0 Å². The largest absolute Gasteiger partial charge is 0.466 e. The molecule has 8 heteroatoms. The number of carbonyl (C=O) groups excluding carboxylic acids is 3. The van der Waals surface area contributed by atoms with Gasteiger partial charge in [0, 0.05) is 6.54 Å². The van der Waals surface area contributed by atoms with Crippen molar-refractivity contribution in [2.75, 3.05) is 19.8 Å². The van der Waals surface area contributed by atoms with Gasteiger partial charge in [0.1, 0.15) is 5.60 Å². The molecule has 0 unspecified atom stereocenters. The van der Waals surface area contributed by atoms with Gasteiger partial charge in [-0.25, -0.2) is 4.79 Å². The van der Waals surface area contributed by atoms with Crippen LogP contribution in [0.4, 0.5) is 4.79 Å². The molecule has 0 bridgehead atoms. The third kappa shape index (κ3) is 7.08. The van der Waals surface area contributed by atoms with E-state index in [9.17, 15) is 14.4 Å². The average molecular weight is 382 g/mol. The maximum absolute atomic E-state index is 11.6. The van der Waals surface area contributed by atoms with Crippen LogP contribution in [0, 0.1) is 22.2 Å². The van der Waals surface area contributed by atoms with E-state index in [1.807, 2.05) is 6.07 Å². The number of nitriles is 1. The Balaban J connectivity index is 0.000000309. The van der Waals surface area contributed by atoms with Crippen molar-refractivity contribution in [3.8, 4) is 6.07 Å². The number of nitrogens with zero attached hydrogens (tertiary/aromatic N) is 1. The van der Waals surface area contributed by atoms with Gasteiger partial charge in [-0.2, -0.15) is 5.26 Å². The molecule has 0 atom stereocenters. The van der Waals surface area contributed by atoms with Gasteiger partial charge in [0.25, 0.3) is 0 Å². The van der Waals surface area contributed by atoms with E-state index in [4.69, 9.17) is 19.5 Å². The first-order chi connectivity index (χ1) is 12.5. The first kappa shape index (κ1) is 22.7. The van der Waals surface area contributed by atoms with E-state index in [0.29, 0.717) is 32.6 Å². The summed E-state index contributed by atoms with van der Waals surface area (Å²) in [7, 11) is 0. The van der Waals surface area contributed by atoms with E-state index in [2.05, 4.69) is 5.32 Å². The number of esters is 2. The second-order valence-corrected chi connectivity index (χ2v) is 7.77. The van der Waals surface area contributed by atoms with E-state index in [0.717, 1.165) is 12.8 Å². The summed E-state index contributed by atoms with van der Waals surface area (Å²) in [6, 6.07) is 1.96. The predicted octanol–water partition coefficient (Wildman–Crippen LogP) is 2.71. The zero-order chi connectivity index (χ0) is 20.7. The maximum atomic E-state index is 11.6. The quantitative estimate of drug-likeness (QED) is 0.555. The normalized spacial score (nSPS) is 17.9. The van der Waals surface area contributed by atoms with Crippen LogP contribution in [0.1, 0.15) is 60.3 Å². The monoisotopic (exact) mass is 382 g/mol. The molecule has 0 saturated heterocycles. The maximum Gasteiger partial charge on any atom is 0.407 e. The van der Waals surface area contributed by atoms with Crippen molar-refractivity contribution in [1.82, 2.24) is 5.32 Å². The minimum absolute atomic E-state index is 0.226. The number of ether oxygens (including phenoxy) is 3. The van der Waals surface area contributed by atoms with Crippen LogP contribution >= 0.6 is 0 Å². The molecular formula is C19H30N2O6. The number of rotatable bonds is 6. The van der Waals surface area contributed by atoms with E-state index in [1.54, 1.807) is 34.6 Å². The predicted molar refractivity (Wildman–Crippen MR) is 96.4 cm³/mol. The van der Waals surface area contributed by atoms with Gasteiger partial charge in [0.05, 0.1) is 24.7 Å². The summed E-state index contributed by atoms with van der Waals surface area (Å²) in [5.74, 6) is -0.575. The van der Waals surface area contributed by atoms with Gasteiger partial charge in [-0.3, -0.25) is 9.59 Å². The van der Waals surface area contributed by atoms with Crippen molar-refractivity contribution >= 4 is 18.0 Å². The molecule has 0 aromatic rings. The number of amides is 1. The highest BCUT2D eigenvalue weighted by molar-refractivity contribution is 5.83. The van der Waals surface area contributed by atoms with Crippen molar-refractivity contribution < 1.29 is 28.6 Å². The highest BCUT2D eigenvalue weighted by Gasteiger charge is 2.52. The Morgan fingerprint density at radius 2 is 1.52 bits per heavy atom. The highest BCUT2D eigenvalue weighted by atomic mass is 16.6. The van der Waals surface area contributed by atoms with Crippen molar-refractivity contribution in [2.45, 2.75) is 65.9 Å². The van der Waals surface area contributed by atoms with Gasteiger partial charge in [-0.05, 0) is 60.3 Å². The molecule has 0 heterocycles. The first-order valence-electron chi connectivity index (χ1n) is 9.27. The summed E-state index contributed by atoms with van der Waals surface area (Å²) >= 11 is 0. The molecule has 2 aliphatic rings. The second kappa shape index (κ2) is 9.07. The zero-order valence-electron chi connectivity index (χ0n) is 16.8. The van der Waals surface area contributed by atoms with Gasteiger partial charge in [-0.1, -0.05) is 0 Å². The lowest BCUT2D eigenvalue weighted by molar-refractivity contribution is -0.149. The lowest BCUT2D eigenvalue weighted by Gasteiger charge is -2.21. The lowest BCUT2D eigenvalue weighted by atomic mass is 10.1. The summed E-state index contributed by atoms with van der Waals surface area (Å²) < 4.78 is 14.8. The second-order valence-electron chi connectivity index (χ2n) is 7.77. The third-order valence-corrected chi connectivity index (χ3v) is 4.16. The molecule has 8 nitrogen and oxygen atoms in total. The molecule has 0 aromatic carbocycles. The molecule has 0 aliphatic heterocycles. The summed E-state index contributed by atoms with van der Waals surface area (Å²) in [5, 5.41) is 11.1. The summed E-state index contributed by atoms with van der Waals surface area (Å²) in [4.78, 5) is 34.0. The Hall–Kier alpha value is -2.30. The lowest BCUT2D eigenvalue weighted by Crippen LogP contribution is -2.38. The Bertz CT molecular complexity index is 594. The molecule has 2 fully saturated rings. The summed E-state index contributed by atoms with van der Waals surface area (Å²) in [6.07, 6.45) is 2.38. The average Bonchev–Trinajstić information content (AvgIpc) is 3.46. The molecule has 2 aliphatic carbocycles. The van der Waals surface area contributed by atoms with Crippen LogP contribution < -0.4 is 5.32 Å². The number of carbonyl (C=O) groups is 3. The van der Waals surface area contributed by atoms with Gasteiger partial charge in [0.15, 0.2) is 5.41 Å². The molecule has 2 rings (SSSR count). The Morgan fingerprint density at radius 1 is 1.00 bits per heavy atom. The van der Waals surface area contributed by atoms with Crippen molar-refractivity contribution in [3.05, 3.63) is 0 Å². The van der Waals surface area contributed by atoms with Crippen molar-refractivity contribution in [3.63, 3.8) is 0 Å². The van der Waals surface area contributed by atoms with Gasteiger partial charge < -0.3 is 19.5 Å². The zero-order valence-corrected chi connectivity index (χ0v) is 16.8. The molecule has 1 amide bonds. The van der Waals surface area contributed by atoms with Crippen LogP contribution in [-0.4, -0.2) is 43.4 Å². The van der Waals surface area contributed by atoms with Gasteiger partial charge >= 0.3 is 18.0 Å². The minimum Gasteiger partial charge on any atom is -0.466 e. The number of hydrogen-bond donors (Lipinski definition) is 1. The van der Waals surface area contributed by atoms with E-state index >= 15 is 0 Å². The van der Waals surface area contributed by atoms with Gasteiger partial charge in [-0.15, -0.1) is 0 Å². The van der Waals surface area contributed by atoms with Crippen LogP contribution in [0.2, 0.25) is 0 Å². The van der Waals surface area contributed by atoms with Crippen LogP contribution in [0.3, 0.4) is 0 Å². The number of alkyl carbamates (subject to hydrolysis) is 1. The molecule has 27 heavy (non-hydrogen) atoms. The smallest absolute Gasteiger partial charge is 0.407 e. The molecule has 0 radical (unpaired) electrons. The Kier molecular flexibility index (Phi) is 7.64. The van der Waals surface area contributed by atoms with Crippen LogP contribution in [0.25, 0.3) is 0 Å². The fraction of sp³-hybridized carbons (Fsp3) is 0.789. The fourth-order valence-corrected chi connectivity index (χ4v) is 2.20. The van der Waals surface area contributed by atoms with E-state index in [-0.39, 0.29) is 11.9 Å². The molecule has 0 aromatic heterocycles. The van der Waals surface area contributed by atoms with Crippen molar-refractivity contribution in [2.24, 2.45) is 10.8 Å². The number of nitrogens with one attached hydrogen (secondary N) is 1. The Labute approximate surface area is 160 Å². The molecule has 0 spiro atoms. The summed E-state index contributed by atoms with van der Waals surface area (Å²) in [6.45, 7) is 9.93. The first-order valence-corrected chi connectivity index (χ1v) is 9.27. The Morgan fingerprint density at radius 3 is 1.89 bits per heavy atom. The molecule has 1 N–H and O–H groups in total. The molecule has 2 saturated carbocycles. The van der Waals surface area contributed by atoms with Crippen LogP contribution in [0.15, 0.2) is 0 Å². The topological polar surface area (TPSA) is 115 Å². The van der Waals surface area contributed by atoms with Crippen LogP contribution in [-0.2, 0) is 23.8 Å². The van der Waals surface area contributed by atoms with E-state index < -0.39 is 22.5 Å². The standard InChI is InChI=1S/C12H21NO4.C7H9NO2/c1-5-16-9(14)12(6-7-12)8-13-10(15)17-11(2,3)4;1-2-10-6(9)7(5-8)3-4-7/h5-8H2,1-4H3,(H,13,15);2-4H2,1H3. The third-order valence-electron chi connectivity index (χ3n) is 4.16. The highest BCUT2D eigenvalue weighted by Crippen LogP contribution is 2.46. The molecule has 152 valence electrons. The van der Waals surface area contributed by atoms with Crippen LogP contribution in [0.5, 0.6) is 0 Å².